The third kappa shape index (κ3) is 5.16. The molecule has 2 heterocycles. The first-order valence-corrected chi connectivity index (χ1v) is 8.86. The highest BCUT2D eigenvalue weighted by atomic mass is 19.1. The highest BCUT2D eigenvalue weighted by Gasteiger charge is 2.13. The van der Waals surface area contributed by atoms with E-state index in [1.54, 1.807) is 6.20 Å². The summed E-state index contributed by atoms with van der Waals surface area (Å²) in [7, 11) is 0. The van der Waals surface area contributed by atoms with Crippen LogP contribution < -0.4 is 0 Å². The first-order valence-electron chi connectivity index (χ1n) is 8.86. The molecule has 136 valence electrons. The summed E-state index contributed by atoms with van der Waals surface area (Å²) in [5.41, 5.74) is 2.10. The van der Waals surface area contributed by atoms with Crippen LogP contribution in [0.3, 0.4) is 0 Å². The van der Waals surface area contributed by atoms with Crippen LogP contribution in [0.25, 0.3) is 0 Å². The molecule has 0 atom stereocenters. The van der Waals surface area contributed by atoms with Crippen molar-refractivity contribution < 1.29 is 4.39 Å². The number of hydrogen-bond acceptors (Lipinski definition) is 5. The zero-order chi connectivity index (χ0) is 18.2. The number of aryl methyl sites for hydroxylation is 1. The molecule has 0 fully saturated rings. The Morgan fingerprint density at radius 2 is 1.92 bits per heavy atom. The van der Waals surface area contributed by atoms with Crippen molar-refractivity contribution in [3.8, 4) is 0 Å². The smallest absolute Gasteiger partial charge is 0.165 e. The zero-order valence-corrected chi connectivity index (χ0v) is 14.9. The molecule has 0 radical (unpaired) electrons. The monoisotopic (exact) mass is 354 g/mol. The highest BCUT2D eigenvalue weighted by Crippen LogP contribution is 2.11. The van der Waals surface area contributed by atoms with Crippen LogP contribution in [0.1, 0.15) is 30.4 Å². The Kier molecular flexibility index (Phi) is 6.38. The number of rotatable bonds is 9. The van der Waals surface area contributed by atoms with Gasteiger partial charge < -0.3 is 0 Å². The van der Waals surface area contributed by atoms with Crippen LogP contribution in [0, 0.1) is 5.82 Å². The third-order valence-electron chi connectivity index (χ3n) is 4.14. The minimum atomic E-state index is -0.222. The van der Waals surface area contributed by atoms with Gasteiger partial charge in [0.2, 0.25) is 0 Å². The number of nitrogens with zero attached hydrogens (tertiary/aromatic N) is 6. The van der Waals surface area contributed by atoms with Crippen LogP contribution in [-0.4, -0.2) is 36.6 Å². The standard InChI is InChI=1S/C19H23FN6/c1-2-12-26-19(22-23-24-26)15-25(13-10-18-5-3-4-11-21-18)14-16-6-8-17(20)9-7-16/h3-9,11H,2,10,12-15H2,1H3. The Morgan fingerprint density at radius 1 is 1.08 bits per heavy atom. The van der Waals surface area contributed by atoms with Gasteiger partial charge >= 0.3 is 0 Å². The van der Waals surface area contributed by atoms with Crippen LogP contribution in [-0.2, 0) is 26.1 Å². The van der Waals surface area contributed by atoms with Crippen molar-refractivity contribution in [1.29, 1.82) is 0 Å². The summed E-state index contributed by atoms with van der Waals surface area (Å²) in [5, 5.41) is 12.0. The Hall–Kier alpha value is -2.67. The minimum absolute atomic E-state index is 0.222. The van der Waals surface area contributed by atoms with Crippen LogP contribution in [0.5, 0.6) is 0 Å². The minimum Gasteiger partial charge on any atom is -0.291 e. The van der Waals surface area contributed by atoms with Gasteiger partial charge in [-0.3, -0.25) is 9.88 Å². The average molecular weight is 354 g/mol. The summed E-state index contributed by atoms with van der Waals surface area (Å²) in [5.74, 6) is 0.621. The van der Waals surface area contributed by atoms with E-state index in [1.165, 1.54) is 12.1 Å². The Morgan fingerprint density at radius 3 is 2.65 bits per heavy atom. The van der Waals surface area contributed by atoms with Crippen LogP contribution in [0.2, 0.25) is 0 Å². The molecule has 7 heteroatoms. The lowest BCUT2D eigenvalue weighted by Gasteiger charge is -2.21. The molecule has 0 saturated carbocycles. The van der Waals surface area contributed by atoms with Crippen molar-refractivity contribution in [2.75, 3.05) is 6.54 Å². The van der Waals surface area contributed by atoms with Crippen LogP contribution in [0.4, 0.5) is 4.39 Å². The molecule has 0 N–H and O–H groups in total. The predicted octanol–water partition coefficient (Wildman–Crippen LogP) is 2.86. The molecule has 0 amide bonds. The number of aromatic nitrogens is 5. The van der Waals surface area contributed by atoms with Gasteiger partial charge in [-0.05, 0) is 46.7 Å². The molecule has 0 spiro atoms. The van der Waals surface area contributed by atoms with E-state index in [2.05, 4.69) is 32.3 Å². The lowest BCUT2D eigenvalue weighted by molar-refractivity contribution is 0.247. The molecule has 3 rings (SSSR count). The SMILES string of the molecule is CCCn1nnnc1CN(CCc1ccccn1)Cc1ccc(F)cc1. The predicted molar refractivity (Wildman–Crippen MR) is 96.6 cm³/mol. The number of benzene rings is 1. The lowest BCUT2D eigenvalue weighted by atomic mass is 10.2. The summed E-state index contributed by atoms with van der Waals surface area (Å²) in [6, 6.07) is 12.6. The van der Waals surface area contributed by atoms with Crippen molar-refractivity contribution in [1.82, 2.24) is 30.1 Å². The topological polar surface area (TPSA) is 59.7 Å². The Balaban J connectivity index is 1.71. The summed E-state index contributed by atoms with van der Waals surface area (Å²) < 4.78 is 15.0. The van der Waals surface area contributed by atoms with E-state index in [4.69, 9.17) is 0 Å². The van der Waals surface area contributed by atoms with Gasteiger partial charge in [-0.1, -0.05) is 25.1 Å². The summed E-state index contributed by atoms with van der Waals surface area (Å²) in [6.07, 6.45) is 3.61. The van der Waals surface area contributed by atoms with E-state index in [-0.39, 0.29) is 5.82 Å². The fraction of sp³-hybridized carbons (Fsp3) is 0.368. The normalized spacial score (nSPS) is 11.2. The first kappa shape index (κ1) is 18.1. The van der Waals surface area contributed by atoms with E-state index in [0.29, 0.717) is 13.1 Å². The molecule has 0 aliphatic carbocycles. The van der Waals surface area contributed by atoms with Crippen LogP contribution in [0.15, 0.2) is 48.7 Å². The second kappa shape index (κ2) is 9.15. The van der Waals surface area contributed by atoms with Crippen molar-refractivity contribution in [2.24, 2.45) is 0 Å². The first-order chi connectivity index (χ1) is 12.7. The van der Waals surface area contributed by atoms with Crippen molar-refractivity contribution in [3.05, 3.63) is 71.6 Å². The maximum Gasteiger partial charge on any atom is 0.165 e. The molecule has 0 unspecified atom stereocenters. The number of halogens is 1. The molecular weight excluding hydrogens is 331 g/mol. The quantitative estimate of drug-likeness (QED) is 0.591. The van der Waals surface area contributed by atoms with Gasteiger partial charge in [-0.25, -0.2) is 9.07 Å². The lowest BCUT2D eigenvalue weighted by Crippen LogP contribution is -2.27. The summed E-state index contributed by atoms with van der Waals surface area (Å²) in [4.78, 5) is 6.66. The van der Waals surface area contributed by atoms with Crippen LogP contribution >= 0.6 is 0 Å². The van der Waals surface area contributed by atoms with Gasteiger partial charge in [0.25, 0.3) is 0 Å². The molecule has 0 bridgehead atoms. The fourth-order valence-electron chi connectivity index (χ4n) is 2.80. The van der Waals surface area contributed by atoms with Gasteiger partial charge in [-0.2, -0.15) is 0 Å². The summed E-state index contributed by atoms with van der Waals surface area (Å²) >= 11 is 0. The molecule has 0 saturated heterocycles. The molecule has 0 aliphatic heterocycles. The third-order valence-corrected chi connectivity index (χ3v) is 4.14. The van der Waals surface area contributed by atoms with Gasteiger partial charge in [-0.15, -0.1) is 5.10 Å². The maximum absolute atomic E-state index is 13.2. The van der Waals surface area contributed by atoms with E-state index < -0.39 is 0 Å². The molecule has 2 aromatic heterocycles. The van der Waals surface area contributed by atoms with Gasteiger partial charge in [0.1, 0.15) is 5.82 Å². The average Bonchev–Trinajstić information content (AvgIpc) is 3.09. The second-order valence-corrected chi connectivity index (χ2v) is 6.23. The van der Waals surface area contributed by atoms with E-state index in [0.717, 1.165) is 43.0 Å². The highest BCUT2D eigenvalue weighted by molar-refractivity contribution is 5.16. The fourth-order valence-corrected chi connectivity index (χ4v) is 2.80. The van der Waals surface area contributed by atoms with Crippen molar-refractivity contribution >= 4 is 0 Å². The van der Waals surface area contributed by atoms with Crippen molar-refractivity contribution in [2.45, 2.75) is 39.4 Å². The second-order valence-electron chi connectivity index (χ2n) is 6.23. The van der Waals surface area contributed by atoms with E-state index in [1.807, 2.05) is 35.0 Å². The van der Waals surface area contributed by atoms with Gasteiger partial charge in [0.15, 0.2) is 5.82 Å². The molecule has 1 aromatic carbocycles. The Labute approximate surface area is 152 Å². The van der Waals surface area contributed by atoms with Crippen molar-refractivity contribution in [3.63, 3.8) is 0 Å². The summed E-state index contributed by atoms with van der Waals surface area (Å²) in [6.45, 7) is 5.05. The molecular formula is C19H23FN6. The Bertz CT molecular complexity index is 787. The van der Waals surface area contributed by atoms with E-state index in [9.17, 15) is 4.39 Å². The number of hydrogen-bond donors (Lipinski definition) is 0. The molecule has 0 aliphatic rings. The zero-order valence-electron chi connectivity index (χ0n) is 14.9. The molecule has 6 nitrogen and oxygen atoms in total. The van der Waals surface area contributed by atoms with Gasteiger partial charge in [0.05, 0.1) is 6.54 Å². The molecule has 3 aromatic rings. The number of tetrazole rings is 1. The van der Waals surface area contributed by atoms with Gasteiger partial charge in [0, 0.05) is 37.9 Å². The van der Waals surface area contributed by atoms with E-state index >= 15 is 0 Å². The molecule has 26 heavy (non-hydrogen) atoms. The largest absolute Gasteiger partial charge is 0.291 e. The number of pyridine rings is 1. The maximum atomic E-state index is 13.2.